The molecule has 0 aliphatic heterocycles. The number of thioether (sulfide) groups is 1. The Labute approximate surface area is 195 Å². The smallest absolute Gasteiger partial charge is 0.334 e. The molecule has 0 heterocycles. The first kappa shape index (κ1) is 25.9. The third-order valence-electron chi connectivity index (χ3n) is 4.82. The normalized spacial score (nSPS) is 13.5. The second kappa shape index (κ2) is 12.0. The highest BCUT2D eigenvalue weighted by Gasteiger charge is 2.33. The van der Waals surface area contributed by atoms with E-state index in [4.69, 9.17) is 16.3 Å². The molecule has 1 aliphatic carbocycles. The van der Waals surface area contributed by atoms with Crippen LogP contribution in [-0.4, -0.2) is 43.2 Å². The quantitative estimate of drug-likeness (QED) is 0.397. The maximum atomic E-state index is 14.9. The van der Waals surface area contributed by atoms with Gasteiger partial charge in [-0.05, 0) is 44.7 Å². The van der Waals surface area contributed by atoms with Crippen LogP contribution >= 0.6 is 23.4 Å². The van der Waals surface area contributed by atoms with Gasteiger partial charge in [0.15, 0.2) is 0 Å². The Morgan fingerprint density at radius 1 is 1.12 bits per heavy atom. The zero-order chi connectivity index (χ0) is 23.8. The summed E-state index contributed by atoms with van der Waals surface area (Å²) >= 11 is 7.09. The fraction of sp³-hybridized carbons (Fsp3) is 0.455. The Morgan fingerprint density at radius 3 is 2.38 bits per heavy atom. The highest BCUT2D eigenvalue weighted by Crippen LogP contribution is 2.36. The van der Waals surface area contributed by atoms with Gasteiger partial charge in [-0.3, -0.25) is 14.4 Å². The van der Waals surface area contributed by atoms with Crippen molar-refractivity contribution in [2.45, 2.75) is 50.8 Å². The molecule has 0 saturated heterocycles. The summed E-state index contributed by atoms with van der Waals surface area (Å²) in [4.78, 5) is 51.1. The molecule has 32 heavy (non-hydrogen) atoms. The van der Waals surface area contributed by atoms with Crippen molar-refractivity contribution >= 4 is 52.8 Å². The molecule has 0 atom stereocenters. The van der Waals surface area contributed by atoms with Crippen molar-refractivity contribution in [2.75, 3.05) is 24.4 Å². The van der Waals surface area contributed by atoms with Gasteiger partial charge in [0.25, 0.3) is 5.91 Å². The van der Waals surface area contributed by atoms with Gasteiger partial charge in [0.05, 0.1) is 30.2 Å². The molecule has 2 rings (SSSR count). The largest absolute Gasteiger partial charge is 0.468 e. The summed E-state index contributed by atoms with van der Waals surface area (Å²) in [5.74, 6) is -3.48. The minimum atomic E-state index is -0.873. The second-order valence-electron chi connectivity index (χ2n) is 6.87. The average molecular weight is 486 g/mol. The number of anilines is 1. The first-order valence-electron chi connectivity index (χ1n) is 10.2. The molecule has 1 aromatic carbocycles. The van der Waals surface area contributed by atoms with E-state index in [0.717, 1.165) is 22.7 Å². The van der Waals surface area contributed by atoms with E-state index in [1.807, 2.05) is 0 Å². The fourth-order valence-electron chi connectivity index (χ4n) is 3.23. The number of carbonyl (C=O) groups excluding carboxylic acids is 4. The zero-order valence-electron chi connectivity index (χ0n) is 18.2. The Hall–Kier alpha value is -2.39. The molecule has 0 aromatic heterocycles. The molecule has 174 valence electrons. The number of carbonyl (C=O) groups is 4. The maximum Gasteiger partial charge on any atom is 0.334 e. The number of halogens is 2. The molecule has 1 aromatic rings. The van der Waals surface area contributed by atoms with E-state index in [2.05, 4.69) is 4.74 Å². The molecule has 1 aliphatic rings. The summed E-state index contributed by atoms with van der Waals surface area (Å²) in [5.41, 5.74) is 0.0705. The highest BCUT2D eigenvalue weighted by molar-refractivity contribution is 8.00. The fourth-order valence-corrected chi connectivity index (χ4v) is 4.33. The van der Waals surface area contributed by atoms with Gasteiger partial charge in [-0.2, -0.15) is 0 Å². The molecule has 0 N–H and O–H groups in total. The molecule has 10 heteroatoms. The van der Waals surface area contributed by atoms with Gasteiger partial charge in [-0.1, -0.05) is 18.5 Å². The zero-order valence-corrected chi connectivity index (χ0v) is 19.7. The van der Waals surface area contributed by atoms with Crippen molar-refractivity contribution in [2.24, 2.45) is 0 Å². The molecule has 0 bridgehead atoms. The Balaban J connectivity index is 2.54. The lowest BCUT2D eigenvalue weighted by Crippen LogP contribution is -2.39. The van der Waals surface area contributed by atoms with Crippen LogP contribution in [0.2, 0.25) is 5.02 Å². The Morgan fingerprint density at radius 2 is 1.78 bits per heavy atom. The van der Waals surface area contributed by atoms with Gasteiger partial charge >= 0.3 is 11.9 Å². The molecular weight excluding hydrogens is 461 g/mol. The van der Waals surface area contributed by atoms with Crippen LogP contribution in [0.4, 0.5) is 10.1 Å². The summed E-state index contributed by atoms with van der Waals surface area (Å²) in [7, 11) is 1.24. The number of rotatable bonds is 8. The van der Waals surface area contributed by atoms with Crippen molar-refractivity contribution in [3.05, 3.63) is 34.1 Å². The van der Waals surface area contributed by atoms with Gasteiger partial charge in [0, 0.05) is 22.5 Å². The second-order valence-corrected chi connectivity index (χ2v) is 8.30. The minimum Gasteiger partial charge on any atom is -0.468 e. The van der Waals surface area contributed by atoms with E-state index in [-0.39, 0.29) is 47.1 Å². The van der Waals surface area contributed by atoms with Crippen molar-refractivity contribution in [3.8, 4) is 0 Å². The minimum absolute atomic E-state index is 0.0283. The first-order chi connectivity index (χ1) is 15.2. The third kappa shape index (κ3) is 6.10. The van der Waals surface area contributed by atoms with Crippen LogP contribution in [0, 0.1) is 5.82 Å². The van der Waals surface area contributed by atoms with Gasteiger partial charge in [0.1, 0.15) is 5.82 Å². The summed E-state index contributed by atoms with van der Waals surface area (Å²) in [5, 5.41) is 0.0283. The maximum absolute atomic E-state index is 14.9. The topological polar surface area (TPSA) is 90.0 Å². The molecule has 0 radical (unpaired) electrons. The van der Waals surface area contributed by atoms with Crippen LogP contribution in [0.5, 0.6) is 0 Å². The number of hydrogen-bond acceptors (Lipinski definition) is 7. The highest BCUT2D eigenvalue weighted by atomic mass is 35.5. The van der Waals surface area contributed by atoms with Crippen LogP contribution in [0.25, 0.3) is 0 Å². The predicted octanol–water partition coefficient (Wildman–Crippen LogP) is 4.45. The number of amides is 2. The van der Waals surface area contributed by atoms with E-state index in [9.17, 15) is 23.6 Å². The lowest BCUT2D eigenvalue weighted by molar-refractivity contribution is -0.139. The Bertz CT molecular complexity index is 949. The van der Waals surface area contributed by atoms with Crippen molar-refractivity contribution < 1.29 is 33.0 Å². The van der Waals surface area contributed by atoms with Crippen LogP contribution in [-0.2, 0) is 28.7 Å². The average Bonchev–Trinajstić information content (AvgIpc) is 2.79. The number of ether oxygens (including phenoxy) is 2. The summed E-state index contributed by atoms with van der Waals surface area (Å²) < 4.78 is 24.6. The number of esters is 2. The van der Waals surface area contributed by atoms with Crippen LogP contribution < -0.4 is 4.90 Å². The number of imide groups is 1. The number of hydrogen-bond donors (Lipinski definition) is 0. The van der Waals surface area contributed by atoms with Crippen LogP contribution in [0.15, 0.2) is 28.2 Å². The monoisotopic (exact) mass is 485 g/mol. The molecule has 2 amide bonds. The Kier molecular flexibility index (Phi) is 9.71. The van der Waals surface area contributed by atoms with E-state index in [0.29, 0.717) is 24.2 Å². The molecular formula is C22H25ClFNO6S. The standard InChI is InChI=1S/C22H25ClFNO6S/c1-4-19(26)25(21(28)13-8-6-7-9-14(13)22(29)31-5-2)17-11-18(15(23)10-16(17)24)32-12-20(27)30-3/h10-11H,4-9,12H2,1-3H3. The molecule has 7 nitrogen and oxygen atoms in total. The van der Waals surface area contributed by atoms with Crippen molar-refractivity contribution in [1.82, 2.24) is 0 Å². The van der Waals surface area contributed by atoms with Gasteiger partial charge in [-0.15, -0.1) is 11.8 Å². The summed E-state index contributed by atoms with van der Waals surface area (Å²) in [6.45, 7) is 3.35. The van der Waals surface area contributed by atoms with E-state index in [1.165, 1.54) is 13.2 Å². The summed E-state index contributed by atoms with van der Waals surface area (Å²) in [6, 6.07) is 2.24. The lowest BCUT2D eigenvalue weighted by Gasteiger charge is -2.26. The van der Waals surface area contributed by atoms with E-state index >= 15 is 0 Å². The molecule has 0 unspecified atom stereocenters. The van der Waals surface area contributed by atoms with Crippen LogP contribution in [0.3, 0.4) is 0 Å². The predicted molar refractivity (Wildman–Crippen MR) is 119 cm³/mol. The molecule has 0 fully saturated rings. The first-order valence-corrected chi connectivity index (χ1v) is 11.6. The lowest BCUT2D eigenvalue weighted by atomic mass is 9.90. The SMILES string of the molecule is CCOC(=O)C1=C(C(=O)N(C(=O)CC)c2cc(SCC(=O)OC)c(Cl)cc2F)CCCC1. The van der Waals surface area contributed by atoms with Gasteiger partial charge in [-0.25, -0.2) is 14.1 Å². The van der Waals surface area contributed by atoms with Gasteiger partial charge in [0.2, 0.25) is 5.91 Å². The van der Waals surface area contributed by atoms with Gasteiger partial charge < -0.3 is 9.47 Å². The number of benzene rings is 1. The van der Waals surface area contributed by atoms with Crippen molar-refractivity contribution in [3.63, 3.8) is 0 Å². The van der Waals surface area contributed by atoms with Crippen LogP contribution in [0.1, 0.15) is 46.0 Å². The van der Waals surface area contributed by atoms with E-state index < -0.39 is 29.6 Å². The number of nitrogens with zero attached hydrogens (tertiary/aromatic N) is 1. The molecule has 0 saturated carbocycles. The summed E-state index contributed by atoms with van der Waals surface area (Å²) in [6.07, 6.45) is 1.91. The number of methoxy groups -OCH3 is 1. The molecule has 0 spiro atoms. The van der Waals surface area contributed by atoms with E-state index in [1.54, 1.807) is 13.8 Å². The third-order valence-corrected chi connectivity index (χ3v) is 6.27. The van der Waals surface area contributed by atoms with Crippen molar-refractivity contribution in [1.29, 1.82) is 0 Å².